The summed E-state index contributed by atoms with van der Waals surface area (Å²) in [7, 11) is 0. The number of rotatable bonds is 13. The molecule has 1 saturated heterocycles. The van der Waals surface area contributed by atoms with E-state index in [9.17, 15) is 22.4 Å². The van der Waals surface area contributed by atoms with Crippen LogP contribution < -0.4 is 14.2 Å². The SMILES string of the molecule is CC1(COCCCCCCOc2ccc(C(=O)Oc3ccc(OC(F)(F)F)c(F)c3)cc2)COC1. The third kappa shape index (κ3) is 9.03. The highest BCUT2D eigenvalue weighted by Crippen LogP contribution is 2.29. The molecule has 35 heavy (non-hydrogen) atoms. The summed E-state index contributed by atoms with van der Waals surface area (Å²) in [6, 6.07) is 8.58. The summed E-state index contributed by atoms with van der Waals surface area (Å²) in [4.78, 5) is 12.2. The highest BCUT2D eigenvalue weighted by Gasteiger charge is 2.33. The molecule has 1 heterocycles. The van der Waals surface area contributed by atoms with Gasteiger partial charge in [-0.2, -0.15) is 0 Å². The standard InChI is InChI=1S/C25H28F4O6/c1-24(16-32-17-24)15-31-12-4-2-3-5-13-33-19-8-6-18(7-9-19)23(30)34-20-10-11-22(21(26)14-20)35-25(27,28)29/h6-11,14H,2-5,12-13,15-17H2,1H3. The molecule has 0 N–H and O–H groups in total. The Bertz CT molecular complexity index is 957. The van der Waals surface area contributed by atoms with Gasteiger partial charge in [-0.25, -0.2) is 9.18 Å². The first-order chi connectivity index (χ1) is 16.6. The second-order valence-electron chi connectivity index (χ2n) is 8.67. The number of ether oxygens (including phenoxy) is 5. The summed E-state index contributed by atoms with van der Waals surface area (Å²) in [6.07, 6.45) is -1.09. The van der Waals surface area contributed by atoms with Gasteiger partial charge in [0.2, 0.25) is 0 Å². The van der Waals surface area contributed by atoms with Gasteiger partial charge in [-0.1, -0.05) is 13.3 Å². The summed E-state index contributed by atoms with van der Waals surface area (Å²) in [5, 5.41) is 0. The van der Waals surface area contributed by atoms with E-state index in [2.05, 4.69) is 11.7 Å². The third-order valence-electron chi connectivity index (χ3n) is 5.23. The Hall–Kier alpha value is -2.85. The Balaban J connectivity index is 1.32. The van der Waals surface area contributed by atoms with Crippen molar-refractivity contribution < 1.29 is 46.0 Å². The fourth-order valence-electron chi connectivity index (χ4n) is 3.31. The van der Waals surface area contributed by atoms with Gasteiger partial charge in [-0.05, 0) is 55.7 Å². The molecule has 3 rings (SSSR count). The van der Waals surface area contributed by atoms with Crippen molar-refractivity contribution >= 4 is 5.97 Å². The van der Waals surface area contributed by atoms with Gasteiger partial charge in [0.05, 0.1) is 32.0 Å². The lowest BCUT2D eigenvalue weighted by Crippen LogP contribution is -2.43. The zero-order chi connectivity index (χ0) is 25.3. The number of alkyl halides is 3. The molecule has 2 aromatic carbocycles. The van der Waals surface area contributed by atoms with Crippen LogP contribution >= 0.6 is 0 Å². The van der Waals surface area contributed by atoms with E-state index in [0.29, 0.717) is 18.4 Å². The maximum atomic E-state index is 13.8. The zero-order valence-corrected chi connectivity index (χ0v) is 19.4. The van der Waals surface area contributed by atoms with Crippen molar-refractivity contribution in [1.82, 2.24) is 0 Å². The van der Waals surface area contributed by atoms with E-state index in [4.69, 9.17) is 18.9 Å². The zero-order valence-electron chi connectivity index (χ0n) is 19.4. The molecular formula is C25H28F4O6. The van der Waals surface area contributed by atoms with Gasteiger partial charge >= 0.3 is 12.3 Å². The maximum Gasteiger partial charge on any atom is 0.573 e. The molecule has 0 aromatic heterocycles. The number of hydrogen-bond donors (Lipinski definition) is 0. The van der Waals surface area contributed by atoms with Crippen LogP contribution in [0.5, 0.6) is 17.2 Å². The molecule has 0 amide bonds. The van der Waals surface area contributed by atoms with Gasteiger partial charge in [0.25, 0.3) is 0 Å². The first-order valence-electron chi connectivity index (χ1n) is 11.3. The predicted octanol–water partition coefficient (Wildman–Crippen LogP) is 5.94. The average Bonchev–Trinajstić information content (AvgIpc) is 2.78. The third-order valence-corrected chi connectivity index (χ3v) is 5.23. The molecule has 0 unspecified atom stereocenters. The first-order valence-corrected chi connectivity index (χ1v) is 11.3. The van der Waals surface area contributed by atoms with Crippen LogP contribution in [0.3, 0.4) is 0 Å². The number of carbonyl (C=O) groups excluding carboxylic acids is 1. The molecule has 1 aliphatic rings. The Morgan fingerprint density at radius 1 is 0.971 bits per heavy atom. The van der Waals surface area contributed by atoms with Crippen molar-refractivity contribution in [3.05, 3.63) is 53.8 Å². The van der Waals surface area contributed by atoms with Crippen LogP contribution in [0, 0.1) is 11.2 Å². The fraction of sp³-hybridized carbons (Fsp3) is 0.480. The lowest BCUT2D eigenvalue weighted by molar-refractivity contribution is -0.275. The number of hydrogen-bond acceptors (Lipinski definition) is 6. The summed E-state index contributed by atoms with van der Waals surface area (Å²) < 4.78 is 75.5. The van der Waals surface area contributed by atoms with E-state index in [1.54, 1.807) is 12.1 Å². The van der Waals surface area contributed by atoms with Crippen molar-refractivity contribution in [3.8, 4) is 17.2 Å². The van der Waals surface area contributed by atoms with Gasteiger partial charge in [-0.3, -0.25) is 0 Å². The fourth-order valence-corrected chi connectivity index (χ4v) is 3.31. The lowest BCUT2D eigenvalue weighted by Gasteiger charge is -2.37. The minimum atomic E-state index is -5.03. The lowest BCUT2D eigenvalue weighted by atomic mass is 9.90. The van der Waals surface area contributed by atoms with Crippen LogP contribution in [0.2, 0.25) is 0 Å². The van der Waals surface area contributed by atoms with E-state index in [-0.39, 0.29) is 16.7 Å². The number of benzene rings is 2. The molecule has 0 aliphatic carbocycles. The molecule has 6 nitrogen and oxygen atoms in total. The van der Waals surface area contributed by atoms with Crippen molar-refractivity contribution in [2.45, 2.75) is 39.0 Å². The van der Waals surface area contributed by atoms with Gasteiger partial charge in [0, 0.05) is 18.1 Å². The number of carbonyl (C=O) groups is 1. The van der Waals surface area contributed by atoms with Crippen LogP contribution in [-0.4, -0.2) is 45.4 Å². The average molecular weight is 500 g/mol. The van der Waals surface area contributed by atoms with Gasteiger partial charge in [0.15, 0.2) is 11.6 Å². The Morgan fingerprint density at radius 3 is 2.23 bits per heavy atom. The summed E-state index contributed by atoms with van der Waals surface area (Å²) in [5.41, 5.74) is 0.356. The molecular weight excluding hydrogens is 472 g/mol. The minimum absolute atomic E-state index is 0.177. The molecule has 192 valence electrons. The summed E-state index contributed by atoms with van der Waals surface area (Å²) in [6.45, 7) is 5.70. The summed E-state index contributed by atoms with van der Waals surface area (Å²) >= 11 is 0. The molecule has 1 fully saturated rings. The molecule has 10 heteroatoms. The topological polar surface area (TPSA) is 63.2 Å². The van der Waals surface area contributed by atoms with Gasteiger partial charge in [-0.15, -0.1) is 13.2 Å². The number of esters is 1. The highest BCUT2D eigenvalue weighted by atomic mass is 19.4. The second-order valence-corrected chi connectivity index (χ2v) is 8.67. The van der Waals surface area contributed by atoms with Crippen LogP contribution in [0.15, 0.2) is 42.5 Å². The van der Waals surface area contributed by atoms with Crippen molar-refractivity contribution in [2.75, 3.05) is 33.0 Å². The normalized spacial score (nSPS) is 14.8. The van der Waals surface area contributed by atoms with Crippen molar-refractivity contribution in [1.29, 1.82) is 0 Å². The highest BCUT2D eigenvalue weighted by molar-refractivity contribution is 5.91. The molecule has 2 aromatic rings. The Kier molecular flexibility index (Phi) is 9.33. The van der Waals surface area contributed by atoms with Crippen LogP contribution in [-0.2, 0) is 9.47 Å². The van der Waals surface area contributed by atoms with Gasteiger partial charge < -0.3 is 23.7 Å². The first kappa shape index (κ1) is 26.7. The van der Waals surface area contributed by atoms with Gasteiger partial charge in [0.1, 0.15) is 11.5 Å². The Labute approximate surface area is 201 Å². The van der Waals surface area contributed by atoms with E-state index in [0.717, 1.165) is 64.2 Å². The van der Waals surface area contributed by atoms with Crippen LogP contribution in [0.25, 0.3) is 0 Å². The number of halogens is 4. The molecule has 0 radical (unpaired) electrons. The Morgan fingerprint density at radius 2 is 1.63 bits per heavy atom. The minimum Gasteiger partial charge on any atom is -0.494 e. The van der Waals surface area contributed by atoms with E-state index >= 15 is 0 Å². The van der Waals surface area contributed by atoms with E-state index in [1.165, 1.54) is 12.1 Å². The molecule has 0 atom stereocenters. The van der Waals surface area contributed by atoms with Crippen LogP contribution in [0.4, 0.5) is 17.6 Å². The van der Waals surface area contributed by atoms with Crippen LogP contribution in [0.1, 0.15) is 43.0 Å². The second kappa shape index (κ2) is 12.2. The molecule has 0 saturated carbocycles. The maximum absolute atomic E-state index is 13.8. The molecule has 0 bridgehead atoms. The van der Waals surface area contributed by atoms with E-state index in [1.807, 2.05) is 0 Å². The van der Waals surface area contributed by atoms with Crippen molar-refractivity contribution in [2.24, 2.45) is 5.41 Å². The smallest absolute Gasteiger partial charge is 0.494 e. The monoisotopic (exact) mass is 500 g/mol. The van der Waals surface area contributed by atoms with Crippen molar-refractivity contribution in [3.63, 3.8) is 0 Å². The summed E-state index contributed by atoms with van der Waals surface area (Å²) in [5.74, 6) is -2.77. The van der Waals surface area contributed by atoms with E-state index < -0.39 is 23.9 Å². The number of unbranched alkanes of at least 4 members (excludes halogenated alkanes) is 3. The largest absolute Gasteiger partial charge is 0.573 e. The molecule has 1 aliphatic heterocycles. The predicted molar refractivity (Wildman–Crippen MR) is 118 cm³/mol. The quantitative estimate of drug-likeness (QED) is 0.147. The molecule has 0 spiro atoms.